The number of pyridine rings is 1. The van der Waals surface area contributed by atoms with Crippen molar-refractivity contribution in [2.24, 2.45) is 0 Å². The van der Waals surface area contributed by atoms with E-state index in [-0.39, 0.29) is 24.6 Å². The first-order chi connectivity index (χ1) is 13.9. The smallest absolute Gasteiger partial charge is 0.410 e. The molecule has 1 heterocycles. The Morgan fingerprint density at radius 3 is 2.63 bits per heavy atom. The van der Waals surface area contributed by atoms with Gasteiger partial charge in [-0.2, -0.15) is 0 Å². The van der Waals surface area contributed by atoms with Crippen LogP contribution in [0.2, 0.25) is 0 Å². The zero-order valence-electron chi connectivity index (χ0n) is 18.2. The molecule has 0 aliphatic rings. The van der Waals surface area contributed by atoms with Crippen molar-refractivity contribution in [3.05, 3.63) is 36.2 Å². The topological polar surface area (TPSA) is 109 Å². The molecule has 0 saturated heterocycles. The third-order valence-corrected chi connectivity index (χ3v) is 5.94. The number of hydrogen-bond acceptors (Lipinski definition) is 6. The minimum absolute atomic E-state index is 0.0806. The van der Waals surface area contributed by atoms with E-state index in [9.17, 15) is 13.2 Å². The van der Waals surface area contributed by atoms with Gasteiger partial charge < -0.3 is 14.7 Å². The highest BCUT2D eigenvalue weighted by Crippen LogP contribution is 2.25. The van der Waals surface area contributed by atoms with Crippen LogP contribution in [0.1, 0.15) is 39.7 Å². The van der Waals surface area contributed by atoms with Gasteiger partial charge in [0.15, 0.2) is 0 Å². The minimum atomic E-state index is -3.84. The highest BCUT2D eigenvalue weighted by molar-refractivity contribution is 7.89. The number of benzene rings is 1. The zero-order chi connectivity index (χ0) is 22.5. The van der Waals surface area contributed by atoms with Crippen molar-refractivity contribution >= 4 is 26.9 Å². The third-order valence-electron chi connectivity index (χ3n) is 4.31. The number of aromatic nitrogens is 1. The summed E-state index contributed by atoms with van der Waals surface area (Å²) in [5.41, 5.74) is 0.0886. The van der Waals surface area contributed by atoms with Crippen LogP contribution in [0.4, 0.5) is 4.79 Å². The molecule has 2 aromatic rings. The van der Waals surface area contributed by atoms with Crippen LogP contribution in [-0.4, -0.2) is 60.8 Å². The van der Waals surface area contributed by atoms with Gasteiger partial charge >= 0.3 is 6.09 Å². The molecule has 0 saturated carbocycles. The fourth-order valence-corrected chi connectivity index (χ4v) is 4.67. The average Bonchev–Trinajstić information content (AvgIpc) is 2.63. The Labute approximate surface area is 178 Å². The van der Waals surface area contributed by atoms with E-state index in [2.05, 4.69) is 9.71 Å². The standard InChI is InChI=1S/C21H31N3O5S/c1-15-12-22-13-17-8-6-9-18(19(15)17)30(27,28)23-16(2)14-24(10-7-11-25)20(26)29-21(3,4)5/h6,8-9,12-13,16,23,25H,7,10-11,14H2,1-5H3/t16-/m0/s1. The molecule has 0 bridgehead atoms. The molecular weight excluding hydrogens is 406 g/mol. The summed E-state index contributed by atoms with van der Waals surface area (Å²) >= 11 is 0. The predicted octanol–water partition coefficient (Wildman–Crippen LogP) is 2.83. The summed E-state index contributed by atoms with van der Waals surface area (Å²) in [7, 11) is -3.84. The van der Waals surface area contributed by atoms with Crippen LogP contribution < -0.4 is 4.72 Å². The van der Waals surface area contributed by atoms with Crippen molar-refractivity contribution < 1.29 is 23.1 Å². The molecule has 0 fully saturated rings. The number of carbonyl (C=O) groups is 1. The number of hydrogen-bond donors (Lipinski definition) is 2. The SMILES string of the molecule is Cc1cncc2cccc(S(=O)(=O)N[C@@H](C)CN(CCCO)C(=O)OC(C)(C)C)c12. The minimum Gasteiger partial charge on any atom is -0.444 e. The molecule has 1 atom stereocenters. The molecule has 1 aromatic heterocycles. The molecule has 1 amide bonds. The molecule has 1 aromatic carbocycles. The molecular formula is C21H31N3O5S. The number of aliphatic hydroxyl groups excluding tert-OH is 1. The summed E-state index contributed by atoms with van der Waals surface area (Å²) in [6.45, 7) is 9.08. The fourth-order valence-electron chi connectivity index (χ4n) is 3.14. The van der Waals surface area contributed by atoms with E-state index in [1.54, 1.807) is 52.2 Å². The van der Waals surface area contributed by atoms with Gasteiger partial charge in [0.2, 0.25) is 10.0 Å². The van der Waals surface area contributed by atoms with E-state index in [0.29, 0.717) is 11.8 Å². The predicted molar refractivity (Wildman–Crippen MR) is 116 cm³/mol. The summed E-state index contributed by atoms with van der Waals surface area (Å²) in [4.78, 5) is 18.2. The van der Waals surface area contributed by atoms with Crippen molar-refractivity contribution in [3.8, 4) is 0 Å². The number of nitrogens with one attached hydrogen (secondary N) is 1. The van der Waals surface area contributed by atoms with Crippen molar-refractivity contribution in [3.63, 3.8) is 0 Å². The summed E-state index contributed by atoms with van der Waals surface area (Å²) < 4.78 is 34.3. The Balaban J connectivity index is 2.22. The number of carbonyl (C=O) groups excluding carboxylic acids is 1. The van der Waals surface area contributed by atoms with Crippen LogP contribution >= 0.6 is 0 Å². The Hall–Kier alpha value is -2.23. The van der Waals surface area contributed by atoms with Crippen molar-refractivity contribution in [1.29, 1.82) is 0 Å². The summed E-state index contributed by atoms with van der Waals surface area (Å²) in [6.07, 6.45) is 3.08. The molecule has 166 valence electrons. The first-order valence-corrected chi connectivity index (χ1v) is 11.4. The molecule has 0 unspecified atom stereocenters. The highest BCUT2D eigenvalue weighted by Gasteiger charge is 2.26. The number of ether oxygens (including phenoxy) is 1. The molecule has 8 nitrogen and oxygen atoms in total. The van der Waals surface area contributed by atoms with E-state index in [1.807, 2.05) is 13.0 Å². The molecule has 9 heteroatoms. The Morgan fingerprint density at radius 2 is 2.00 bits per heavy atom. The van der Waals surface area contributed by atoms with Gasteiger partial charge in [-0.25, -0.2) is 17.9 Å². The highest BCUT2D eigenvalue weighted by atomic mass is 32.2. The number of fused-ring (bicyclic) bond motifs is 1. The van der Waals surface area contributed by atoms with E-state index < -0.39 is 27.8 Å². The number of amides is 1. The third kappa shape index (κ3) is 6.38. The maximum absolute atomic E-state index is 13.1. The molecule has 0 aliphatic carbocycles. The molecule has 0 aliphatic heterocycles. The van der Waals surface area contributed by atoms with Crippen LogP contribution in [0, 0.1) is 6.92 Å². The second kappa shape index (κ2) is 9.72. The monoisotopic (exact) mass is 437 g/mol. The Kier molecular flexibility index (Phi) is 7.79. The van der Waals surface area contributed by atoms with Crippen LogP contribution in [0.5, 0.6) is 0 Å². The van der Waals surface area contributed by atoms with E-state index in [4.69, 9.17) is 9.84 Å². The van der Waals surface area contributed by atoms with Crippen LogP contribution in [0.15, 0.2) is 35.5 Å². The van der Waals surface area contributed by atoms with E-state index >= 15 is 0 Å². The van der Waals surface area contributed by atoms with Crippen molar-refractivity contribution in [1.82, 2.24) is 14.6 Å². The number of sulfonamides is 1. The first kappa shape index (κ1) is 24.0. The van der Waals surface area contributed by atoms with Gasteiger partial charge in [-0.3, -0.25) is 4.98 Å². The van der Waals surface area contributed by atoms with Gasteiger partial charge in [-0.1, -0.05) is 12.1 Å². The lowest BCUT2D eigenvalue weighted by atomic mass is 10.1. The lowest BCUT2D eigenvalue weighted by Crippen LogP contribution is -2.46. The lowest BCUT2D eigenvalue weighted by molar-refractivity contribution is 0.0229. The number of aliphatic hydroxyl groups is 1. The van der Waals surface area contributed by atoms with Gasteiger partial charge in [-0.05, 0) is 52.7 Å². The van der Waals surface area contributed by atoms with Crippen LogP contribution in [-0.2, 0) is 14.8 Å². The van der Waals surface area contributed by atoms with Gasteiger partial charge in [0.25, 0.3) is 0 Å². The maximum atomic E-state index is 13.1. The zero-order valence-corrected chi connectivity index (χ0v) is 19.0. The molecule has 0 spiro atoms. The van der Waals surface area contributed by atoms with Crippen LogP contribution in [0.3, 0.4) is 0 Å². The summed E-state index contributed by atoms with van der Waals surface area (Å²) in [6, 6.07) is 4.48. The second-order valence-electron chi connectivity index (χ2n) is 8.34. The fraction of sp³-hybridized carbons (Fsp3) is 0.524. The quantitative estimate of drug-likeness (QED) is 0.657. The lowest BCUT2D eigenvalue weighted by Gasteiger charge is -2.29. The number of aryl methyl sites for hydroxylation is 1. The van der Waals surface area contributed by atoms with Crippen molar-refractivity contribution in [2.75, 3.05) is 19.7 Å². The second-order valence-corrected chi connectivity index (χ2v) is 10.0. The van der Waals surface area contributed by atoms with Gasteiger partial charge in [-0.15, -0.1) is 0 Å². The molecule has 2 rings (SSSR count). The largest absolute Gasteiger partial charge is 0.444 e. The molecule has 30 heavy (non-hydrogen) atoms. The van der Waals surface area contributed by atoms with Crippen LogP contribution in [0.25, 0.3) is 10.8 Å². The van der Waals surface area contributed by atoms with E-state index in [0.717, 1.165) is 10.9 Å². The van der Waals surface area contributed by atoms with E-state index in [1.165, 1.54) is 4.90 Å². The Morgan fingerprint density at radius 1 is 1.30 bits per heavy atom. The van der Waals surface area contributed by atoms with Crippen molar-refractivity contribution in [2.45, 2.75) is 57.6 Å². The first-order valence-electron chi connectivity index (χ1n) is 9.89. The average molecular weight is 438 g/mol. The van der Waals surface area contributed by atoms with Gasteiger partial charge in [0.05, 0.1) is 4.90 Å². The van der Waals surface area contributed by atoms with Gasteiger partial charge in [0.1, 0.15) is 5.60 Å². The van der Waals surface area contributed by atoms with Gasteiger partial charge in [0, 0.05) is 48.9 Å². The number of nitrogens with zero attached hydrogens (tertiary/aromatic N) is 2. The maximum Gasteiger partial charge on any atom is 0.410 e. The summed E-state index contributed by atoms with van der Waals surface area (Å²) in [5, 5.41) is 10.5. The molecule has 0 radical (unpaired) electrons. The normalized spacial score (nSPS) is 13.3. The Bertz CT molecular complexity index is 981. The number of rotatable bonds is 8. The molecule has 2 N–H and O–H groups in total. The summed E-state index contributed by atoms with van der Waals surface area (Å²) in [5.74, 6) is 0.